The van der Waals surface area contributed by atoms with Gasteiger partial charge in [0.25, 0.3) is 0 Å². The van der Waals surface area contributed by atoms with Crippen molar-refractivity contribution in [1.29, 1.82) is 0 Å². The molecule has 6 heteroatoms. The normalized spacial score (nSPS) is 12.3. The summed E-state index contributed by atoms with van der Waals surface area (Å²) in [4.78, 5) is 27.3. The van der Waals surface area contributed by atoms with E-state index in [2.05, 4.69) is 29.6 Å². The number of hydrogen-bond donors (Lipinski definition) is 1. The van der Waals surface area contributed by atoms with Crippen LogP contribution in [0.15, 0.2) is 48.5 Å². The summed E-state index contributed by atoms with van der Waals surface area (Å²) in [5.41, 5.74) is 2.74. The number of hydrogen-bond acceptors (Lipinski definition) is 3. The van der Waals surface area contributed by atoms with Gasteiger partial charge in [-0.2, -0.15) is 0 Å². The van der Waals surface area contributed by atoms with Gasteiger partial charge in [0.2, 0.25) is 11.8 Å². The highest BCUT2D eigenvalue weighted by molar-refractivity contribution is 7.99. The number of halogens is 1. The van der Waals surface area contributed by atoms with Crippen molar-refractivity contribution in [2.45, 2.75) is 58.5 Å². The average Bonchev–Trinajstić information content (AvgIpc) is 2.67. The second-order valence-corrected chi connectivity index (χ2v) is 9.53. The fraction of sp³-hybridized carbons (Fsp3) is 0.417. The maximum atomic E-state index is 13.3. The maximum absolute atomic E-state index is 13.3. The van der Waals surface area contributed by atoms with Gasteiger partial charge < -0.3 is 10.2 Å². The lowest BCUT2D eigenvalue weighted by Crippen LogP contribution is -2.52. The summed E-state index contributed by atoms with van der Waals surface area (Å²) in [5, 5.41) is 2.94. The first-order valence-electron chi connectivity index (χ1n) is 10.0. The Morgan fingerprint density at radius 3 is 2.17 bits per heavy atom. The molecule has 0 bridgehead atoms. The van der Waals surface area contributed by atoms with Gasteiger partial charge in [0, 0.05) is 17.8 Å². The van der Waals surface area contributed by atoms with Gasteiger partial charge >= 0.3 is 0 Å². The molecule has 162 valence electrons. The van der Waals surface area contributed by atoms with Crippen molar-refractivity contribution in [2.24, 2.45) is 0 Å². The Morgan fingerprint density at radius 2 is 1.60 bits per heavy atom. The van der Waals surface area contributed by atoms with Crippen molar-refractivity contribution in [3.05, 3.63) is 71.0 Å². The van der Waals surface area contributed by atoms with E-state index in [1.54, 1.807) is 24.0 Å². The van der Waals surface area contributed by atoms with E-state index in [0.717, 1.165) is 16.9 Å². The first kappa shape index (κ1) is 23.9. The van der Waals surface area contributed by atoms with Crippen LogP contribution >= 0.6 is 11.8 Å². The minimum absolute atomic E-state index is 0.118. The van der Waals surface area contributed by atoms with Crippen LogP contribution in [0.1, 0.15) is 44.4 Å². The predicted octanol–water partition coefficient (Wildman–Crippen LogP) is 4.70. The summed E-state index contributed by atoms with van der Waals surface area (Å²) >= 11 is 1.52. The van der Waals surface area contributed by atoms with Gasteiger partial charge in [-0.3, -0.25) is 9.59 Å². The van der Waals surface area contributed by atoms with E-state index in [9.17, 15) is 14.0 Å². The Morgan fingerprint density at radius 1 is 1.03 bits per heavy atom. The lowest BCUT2D eigenvalue weighted by atomic mass is 10.1. The average molecular weight is 431 g/mol. The molecule has 2 amide bonds. The monoisotopic (exact) mass is 430 g/mol. The molecule has 0 heterocycles. The van der Waals surface area contributed by atoms with E-state index < -0.39 is 11.6 Å². The molecule has 1 atom stereocenters. The molecule has 0 saturated heterocycles. The maximum Gasteiger partial charge on any atom is 0.242 e. The highest BCUT2D eigenvalue weighted by Crippen LogP contribution is 2.17. The van der Waals surface area contributed by atoms with Crippen LogP contribution in [0.3, 0.4) is 0 Å². The molecule has 0 aliphatic heterocycles. The van der Waals surface area contributed by atoms with Gasteiger partial charge in [-0.25, -0.2) is 4.39 Å². The number of carbonyl (C=O) groups is 2. The Labute approximate surface area is 183 Å². The largest absolute Gasteiger partial charge is 0.350 e. The van der Waals surface area contributed by atoms with E-state index in [0.29, 0.717) is 0 Å². The first-order chi connectivity index (χ1) is 14.0. The lowest BCUT2D eigenvalue weighted by molar-refractivity contribution is -0.139. The van der Waals surface area contributed by atoms with Crippen molar-refractivity contribution in [1.82, 2.24) is 10.2 Å². The molecule has 4 nitrogen and oxygen atoms in total. The minimum atomic E-state index is -0.637. The Bertz CT molecular complexity index is 845. The van der Waals surface area contributed by atoms with Gasteiger partial charge in [0.1, 0.15) is 11.9 Å². The van der Waals surface area contributed by atoms with E-state index in [-0.39, 0.29) is 29.9 Å². The number of thioether (sulfide) groups is 1. The van der Waals surface area contributed by atoms with Gasteiger partial charge in [0.15, 0.2) is 0 Å². The SMILES string of the molecule is Cc1ccc(CSCC(=O)N(Cc2ccc(F)cc2)[C@@H](C)C(=O)NC(C)(C)C)cc1. The van der Waals surface area contributed by atoms with Crippen molar-refractivity contribution in [2.75, 3.05) is 5.75 Å². The fourth-order valence-corrected chi connectivity index (χ4v) is 3.74. The molecule has 30 heavy (non-hydrogen) atoms. The number of rotatable bonds is 8. The summed E-state index contributed by atoms with van der Waals surface area (Å²) in [6.45, 7) is 9.73. The number of nitrogens with zero attached hydrogens (tertiary/aromatic N) is 1. The molecule has 0 aliphatic rings. The summed E-state index contributed by atoms with van der Waals surface area (Å²) in [6, 6.07) is 13.6. The highest BCUT2D eigenvalue weighted by atomic mass is 32.2. The van der Waals surface area contributed by atoms with Crippen LogP contribution in [-0.2, 0) is 21.9 Å². The van der Waals surface area contributed by atoms with Crippen molar-refractivity contribution < 1.29 is 14.0 Å². The molecular weight excluding hydrogens is 399 g/mol. The number of nitrogens with one attached hydrogen (secondary N) is 1. The molecule has 1 N–H and O–H groups in total. The van der Waals surface area contributed by atoms with Crippen LogP contribution in [0.2, 0.25) is 0 Å². The zero-order chi connectivity index (χ0) is 22.3. The van der Waals surface area contributed by atoms with Crippen LogP contribution in [0.25, 0.3) is 0 Å². The molecule has 2 rings (SSSR count). The molecule has 0 unspecified atom stereocenters. The summed E-state index contributed by atoms with van der Waals surface area (Å²) in [6.07, 6.45) is 0. The topological polar surface area (TPSA) is 49.4 Å². The van der Waals surface area contributed by atoms with E-state index in [1.807, 2.05) is 27.7 Å². The zero-order valence-corrected chi connectivity index (χ0v) is 19.2. The van der Waals surface area contributed by atoms with E-state index in [1.165, 1.54) is 29.5 Å². The third kappa shape index (κ3) is 7.82. The third-order valence-electron chi connectivity index (χ3n) is 4.55. The number of amides is 2. The Kier molecular flexibility index (Phi) is 8.47. The predicted molar refractivity (Wildman–Crippen MR) is 122 cm³/mol. The van der Waals surface area contributed by atoms with E-state index in [4.69, 9.17) is 0 Å². The van der Waals surface area contributed by atoms with Gasteiger partial charge in [-0.1, -0.05) is 42.0 Å². The second-order valence-electron chi connectivity index (χ2n) is 8.54. The third-order valence-corrected chi connectivity index (χ3v) is 5.54. The highest BCUT2D eigenvalue weighted by Gasteiger charge is 2.28. The van der Waals surface area contributed by atoms with Crippen LogP contribution < -0.4 is 5.32 Å². The Balaban J connectivity index is 2.08. The first-order valence-corrected chi connectivity index (χ1v) is 11.2. The minimum Gasteiger partial charge on any atom is -0.350 e. The number of carbonyl (C=O) groups excluding carboxylic acids is 2. The van der Waals surface area contributed by atoms with Gasteiger partial charge in [0.05, 0.1) is 5.75 Å². The van der Waals surface area contributed by atoms with Crippen LogP contribution in [-0.4, -0.2) is 34.0 Å². The van der Waals surface area contributed by atoms with Crippen molar-refractivity contribution in [3.63, 3.8) is 0 Å². The molecule has 0 aliphatic carbocycles. The van der Waals surface area contributed by atoms with Crippen molar-refractivity contribution >= 4 is 23.6 Å². The lowest BCUT2D eigenvalue weighted by Gasteiger charge is -2.31. The van der Waals surface area contributed by atoms with Gasteiger partial charge in [-0.05, 0) is 57.9 Å². The fourth-order valence-electron chi connectivity index (χ4n) is 2.87. The molecule has 0 aromatic heterocycles. The molecule has 0 saturated carbocycles. The number of benzene rings is 2. The molecular formula is C24H31FN2O2S. The zero-order valence-electron chi connectivity index (χ0n) is 18.4. The smallest absolute Gasteiger partial charge is 0.242 e. The quantitative estimate of drug-likeness (QED) is 0.660. The van der Waals surface area contributed by atoms with E-state index >= 15 is 0 Å². The van der Waals surface area contributed by atoms with Gasteiger partial charge in [-0.15, -0.1) is 11.8 Å². The summed E-state index contributed by atoms with van der Waals surface area (Å²) < 4.78 is 13.3. The second kappa shape index (κ2) is 10.6. The standard InChI is InChI=1S/C24H31FN2O2S/c1-17-6-8-20(9-7-17)15-30-16-22(28)27(14-19-10-12-21(25)13-11-19)18(2)23(29)26-24(3,4)5/h6-13,18H,14-16H2,1-5H3,(H,26,29)/t18-/m0/s1. The molecule has 0 fully saturated rings. The van der Waals surface area contributed by atoms with Crippen LogP contribution in [0, 0.1) is 12.7 Å². The Hall–Kier alpha value is -2.34. The summed E-state index contributed by atoms with van der Waals surface area (Å²) in [5.74, 6) is 0.333. The number of aryl methyl sites for hydroxylation is 1. The molecule has 2 aromatic rings. The molecule has 2 aromatic carbocycles. The van der Waals surface area contributed by atoms with Crippen LogP contribution in [0.5, 0.6) is 0 Å². The van der Waals surface area contributed by atoms with Crippen LogP contribution in [0.4, 0.5) is 4.39 Å². The molecule has 0 radical (unpaired) electrons. The molecule has 0 spiro atoms. The van der Waals surface area contributed by atoms with Crippen molar-refractivity contribution in [3.8, 4) is 0 Å². The summed E-state index contributed by atoms with van der Waals surface area (Å²) in [7, 11) is 0.